The highest BCUT2D eigenvalue weighted by molar-refractivity contribution is 5.70. The summed E-state index contributed by atoms with van der Waals surface area (Å²) in [5, 5.41) is 14.1. The lowest BCUT2D eigenvalue weighted by molar-refractivity contribution is 0.144. The van der Waals surface area contributed by atoms with Gasteiger partial charge in [0.05, 0.1) is 31.0 Å². The van der Waals surface area contributed by atoms with Crippen LogP contribution >= 0.6 is 0 Å². The Bertz CT molecular complexity index is 872. The number of amides is 1. The molecule has 1 aliphatic rings. The molecule has 1 N–H and O–H groups in total. The monoisotopic (exact) mass is 319 g/mol. The van der Waals surface area contributed by atoms with E-state index in [1.165, 1.54) is 4.90 Å². The zero-order valence-corrected chi connectivity index (χ0v) is 13.1. The summed E-state index contributed by atoms with van der Waals surface area (Å²) in [6.45, 7) is 1.42. The molecule has 0 unspecified atom stereocenters. The molecule has 1 aliphatic heterocycles. The van der Waals surface area contributed by atoms with Gasteiger partial charge in [0.1, 0.15) is 0 Å². The van der Waals surface area contributed by atoms with Gasteiger partial charge in [0, 0.05) is 11.1 Å². The second-order valence-electron chi connectivity index (χ2n) is 5.92. The van der Waals surface area contributed by atoms with E-state index in [2.05, 4.69) is 12.1 Å². The Morgan fingerprint density at radius 1 is 1.00 bits per heavy atom. The van der Waals surface area contributed by atoms with Crippen molar-refractivity contribution in [3.8, 4) is 11.3 Å². The van der Waals surface area contributed by atoms with Gasteiger partial charge in [0.2, 0.25) is 0 Å². The van der Waals surface area contributed by atoms with Gasteiger partial charge in [0.25, 0.3) is 0 Å². The number of nitrogens with zero attached hydrogens (tertiary/aromatic N) is 3. The van der Waals surface area contributed by atoms with Gasteiger partial charge >= 0.3 is 6.09 Å². The smallest absolute Gasteiger partial charge is 0.407 e. The summed E-state index contributed by atoms with van der Waals surface area (Å²) in [6.07, 6.45) is -0.892. The van der Waals surface area contributed by atoms with Crippen LogP contribution in [0.5, 0.6) is 0 Å². The van der Waals surface area contributed by atoms with Crippen LogP contribution in [-0.2, 0) is 19.6 Å². The normalized spacial score (nSPS) is 13.1. The topological polar surface area (TPSA) is 58.4 Å². The van der Waals surface area contributed by atoms with E-state index in [-0.39, 0.29) is 0 Å². The Morgan fingerprint density at radius 3 is 2.33 bits per heavy atom. The van der Waals surface area contributed by atoms with Crippen LogP contribution in [0.1, 0.15) is 16.8 Å². The largest absolute Gasteiger partial charge is 0.465 e. The molecule has 5 heteroatoms. The summed E-state index contributed by atoms with van der Waals surface area (Å²) in [4.78, 5) is 12.8. The van der Waals surface area contributed by atoms with Gasteiger partial charge < -0.3 is 5.11 Å². The van der Waals surface area contributed by atoms with E-state index in [1.54, 1.807) is 0 Å². The van der Waals surface area contributed by atoms with Crippen molar-refractivity contribution in [1.29, 1.82) is 0 Å². The van der Waals surface area contributed by atoms with Crippen LogP contribution in [0.3, 0.4) is 0 Å². The van der Waals surface area contributed by atoms with E-state index < -0.39 is 6.09 Å². The average Bonchev–Trinajstić information content (AvgIpc) is 3.17. The molecule has 0 bridgehead atoms. The quantitative estimate of drug-likeness (QED) is 0.802. The van der Waals surface area contributed by atoms with Crippen molar-refractivity contribution in [2.75, 3.05) is 0 Å². The standard InChI is InChI=1S/C19H17N3O2/c23-19(24)21-12-16-17(13-21)22(11-14-7-3-1-4-8-14)20-18(16)15-9-5-2-6-10-15/h1-10H,11-13H2,(H,23,24). The number of hydrogen-bond donors (Lipinski definition) is 1. The lowest BCUT2D eigenvalue weighted by atomic mass is 10.1. The van der Waals surface area contributed by atoms with Crippen molar-refractivity contribution in [3.05, 3.63) is 77.5 Å². The summed E-state index contributed by atoms with van der Waals surface area (Å²) >= 11 is 0. The molecule has 5 nitrogen and oxygen atoms in total. The zero-order valence-electron chi connectivity index (χ0n) is 13.1. The summed E-state index contributed by atoms with van der Waals surface area (Å²) in [5.74, 6) is 0. The molecule has 1 aromatic heterocycles. The summed E-state index contributed by atoms with van der Waals surface area (Å²) in [5.41, 5.74) is 5.05. The Hall–Kier alpha value is -3.08. The van der Waals surface area contributed by atoms with Crippen LogP contribution in [-0.4, -0.2) is 25.9 Å². The Balaban J connectivity index is 1.77. The molecule has 4 rings (SSSR count). The zero-order chi connectivity index (χ0) is 16.5. The van der Waals surface area contributed by atoms with E-state index in [0.717, 1.165) is 28.1 Å². The van der Waals surface area contributed by atoms with Crippen molar-refractivity contribution in [2.24, 2.45) is 0 Å². The SMILES string of the molecule is O=C(O)N1Cc2c(-c3ccccc3)nn(Cc3ccccc3)c2C1. The van der Waals surface area contributed by atoms with Crippen molar-refractivity contribution in [1.82, 2.24) is 14.7 Å². The Morgan fingerprint density at radius 2 is 1.67 bits per heavy atom. The van der Waals surface area contributed by atoms with E-state index >= 15 is 0 Å². The molecule has 0 radical (unpaired) electrons. The fourth-order valence-electron chi connectivity index (χ4n) is 3.16. The van der Waals surface area contributed by atoms with Gasteiger partial charge in [-0.25, -0.2) is 4.79 Å². The predicted molar refractivity (Wildman–Crippen MR) is 90.5 cm³/mol. The highest BCUT2D eigenvalue weighted by atomic mass is 16.4. The number of carboxylic acid groups (broad SMARTS) is 1. The molecule has 0 fully saturated rings. The van der Waals surface area contributed by atoms with E-state index in [9.17, 15) is 9.90 Å². The third-order valence-electron chi connectivity index (χ3n) is 4.35. The number of fused-ring (bicyclic) bond motifs is 1. The fraction of sp³-hybridized carbons (Fsp3) is 0.158. The number of carbonyl (C=O) groups is 1. The van der Waals surface area contributed by atoms with Crippen molar-refractivity contribution < 1.29 is 9.90 Å². The van der Waals surface area contributed by atoms with Crippen molar-refractivity contribution in [2.45, 2.75) is 19.6 Å². The molecule has 3 aromatic rings. The van der Waals surface area contributed by atoms with Gasteiger partial charge in [0.15, 0.2) is 0 Å². The number of hydrogen-bond acceptors (Lipinski definition) is 2. The Labute approximate surface area is 139 Å². The molecule has 2 heterocycles. The third-order valence-corrected chi connectivity index (χ3v) is 4.35. The molecule has 0 aliphatic carbocycles. The van der Waals surface area contributed by atoms with Crippen molar-refractivity contribution in [3.63, 3.8) is 0 Å². The van der Waals surface area contributed by atoms with Gasteiger partial charge in [-0.1, -0.05) is 60.7 Å². The second kappa shape index (κ2) is 5.85. The predicted octanol–water partition coefficient (Wildman–Crippen LogP) is 3.59. The van der Waals surface area contributed by atoms with Gasteiger partial charge in [-0.3, -0.25) is 9.58 Å². The summed E-state index contributed by atoms with van der Waals surface area (Å²) in [6, 6.07) is 20.0. The minimum Gasteiger partial charge on any atom is -0.465 e. The molecule has 0 spiro atoms. The average molecular weight is 319 g/mol. The minimum absolute atomic E-state index is 0.386. The third kappa shape index (κ3) is 2.54. The van der Waals surface area contributed by atoms with Crippen LogP contribution in [0, 0.1) is 0 Å². The van der Waals surface area contributed by atoms with Crippen LogP contribution in [0.25, 0.3) is 11.3 Å². The second-order valence-corrected chi connectivity index (χ2v) is 5.92. The van der Waals surface area contributed by atoms with E-state index in [4.69, 9.17) is 5.10 Å². The van der Waals surface area contributed by atoms with Crippen LogP contribution < -0.4 is 0 Å². The lowest BCUT2D eigenvalue weighted by Crippen LogP contribution is -2.24. The lowest BCUT2D eigenvalue weighted by Gasteiger charge is -2.12. The molecule has 1 amide bonds. The fourth-order valence-corrected chi connectivity index (χ4v) is 3.16. The maximum Gasteiger partial charge on any atom is 0.407 e. The highest BCUT2D eigenvalue weighted by Crippen LogP contribution is 2.32. The molecule has 0 saturated heterocycles. The first kappa shape index (κ1) is 14.5. The molecular weight excluding hydrogens is 302 g/mol. The molecule has 2 aromatic carbocycles. The summed E-state index contributed by atoms with van der Waals surface area (Å²) < 4.78 is 1.94. The molecule has 24 heavy (non-hydrogen) atoms. The van der Waals surface area contributed by atoms with Crippen LogP contribution in [0.4, 0.5) is 4.79 Å². The molecule has 0 saturated carbocycles. The van der Waals surface area contributed by atoms with Gasteiger partial charge in [-0.15, -0.1) is 0 Å². The van der Waals surface area contributed by atoms with Crippen LogP contribution in [0.2, 0.25) is 0 Å². The first-order valence-corrected chi connectivity index (χ1v) is 7.88. The Kier molecular flexibility index (Phi) is 3.54. The van der Waals surface area contributed by atoms with Crippen molar-refractivity contribution >= 4 is 6.09 Å². The first-order valence-electron chi connectivity index (χ1n) is 7.88. The summed E-state index contributed by atoms with van der Waals surface area (Å²) in [7, 11) is 0. The number of benzene rings is 2. The van der Waals surface area contributed by atoms with E-state index in [1.807, 2.05) is 53.2 Å². The van der Waals surface area contributed by atoms with E-state index in [0.29, 0.717) is 19.6 Å². The van der Waals surface area contributed by atoms with Gasteiger partial charge in [-0.2, -0.15) is 5.10 Å². The van der Waals surface area contributed by atoms with Gasteiger partial charge in [-0.05, 0) is 5.56 Å². The highest BCUT2D eigenvalue weighted by Gasteiger charge is 2.30. The minimum atomic E-state index is -0.892. The first-order chi connectivity index (χ1) is 11.7. The molecule has 120 valence electrons. The molecule has 0 atom stereocenters. The number of aromatic nitrogens is 2. The maximum atomic E-state index is 11.4. The van der Waals surface area contributed by atoms with Crippen LogP contribution in [0.15, 0.2) is 60.7 Å². The maximum absolute atomic E-state index is 11.4. The molecular formula is C19H17N3O2. The number of rotatable bonds is 3.